The van der Waals surface area contributed by atoms with E-state index in [4.69, 9.17) is 0 Å². The Labute approximate surface area is 114 Å². The second kappa shape index (κ2) is 6.58. The van der Waals surface area contributed by atoms with Crippen LogP contribution in [0.15, 0.2) is 24.3 Å². The number of hydrogen-bond acceptors (Lipinski definition) is 1. The van der Waals surface area contributed by atoms with Gasteiger partial charge in [0.1, 0.15) is 0 Å². The molecule has 2 aromatic heterocycles. The maximum atomic E-state index is 2.33. The van der Waals surface area contributed by atoms with E-state index in [9.17, 15) is 0 Å². The van der Waals surface area contributed by atoms with Crippen LogP contribution in [0.5, 0.6) is 0 Å². The molecule has 2 heterocycles. The van der Waals surface area contributed by atoms with Gasteiger partial charge in [-0.2, -0.15) is 0 Å². The third-order valence-electron chi connectivity index (χ3n) is 2.92. The van der Waals surface area contributed by atoms with Crippen LogP contribution < -0.4 is 0 Å². The minimum absolute atomic E-state index is 0.588. The zero-order valence-electron chi connectivity index (χ0n) is 10.7. The topological polar surface area (TPSA) is 0 Å². The fraction of sp³-hybridized carbons (Fsp3) is 0.467. The number of unbranched alkanes of at least 4 members (excludes halogenated alkanes) is 3. The molecule has 2 heteroatoms. The van der Waals surface area contributed by atoms with Gasteiger partial charge in [-0.25, -0.2) is 0 Å². The zero-order chi connectivity index (χ0) is 12.1. The van der Waals surface area contributed by atoms with Crippen LogP contribution in [0.25, 0.3) is 9.31 Å². The van der Waals surface area contributed by atoms with E-state index in [0.717, 1.165) is 0 Å². The summed E-state index contributed by atoms with van der Waals surface area (Å²) in [5, 5.41) is 0. The van der Waals surface area contributed by atoms with Crippen molar-refractivity contribution in [3.05, 3.63) is 33.6 Å². The van der Waals surface area contributed by atoms with Gasteiger partial charge in [0.05, 0.1) is 0 Å². The van der Waals surface area contributed by atoms with Gasteiger partial charge in [0.25, 0.3) is 0 Å². The molecule has 0 spiro atoms. The number of rotatable bonds is 6. The van der Waals surface area contributed by atoms with Gasteiger partial charge in [-0.1, -0.05) is 0 Å². The van der Waals surface area contributed by atoms with E-state index in [-0.39, 0.29) is 0 Å². The van der Waals surface area contributed by atoms with Gasteiger partial charge in [0.15, 0.2) is 0 Å². The summed E-state index contributed by atoms with van der Waals surface area (Å²) >= 11 is 2.59. The molecule has 0 fully saturated rings. The van der Waals surface area contributed by atoms with Crippen molar-refractivity contribution in [2.45, 2.75) is 46.0 Å². The molecule has 2 rings (SSSR count). The molecule has 2 aromatic rings. The molecule has 0 saturated carbocycles. The van der Waals surface area contributed by atoms with Crippen LogP contribution in [0.2, 0.25) is 0 Å². The Balaban J connectivity index is 1.92. The van der Waals surface area contributed by atoms with Crippen molar-refractivity contribution in [1.82, 2.24) is 0 Å². The summed E-state index contributed by atoms with van der Waals surface area (Å²) in [6.45, 7) is 4.51. The predicted octanol–water partition coefficient (Wildman–Crippen LogP) is 4.90. The van der Waals surface area contributed by atoms with E-state index in [1.807, 2.05) is 11.3 Å². The monoisotopic (exact) mass is 312 g/mol. The van der Waals surface area contributed by atoms with E-state index >= 15 is 0 Å². The van der Waals surface area contributed by atoms with E-state index < -0.39 is 0 Å². The van der Waals surface area contributed by atoms with Gasteiger partial charge in [-0.15, -0.1) is 0 Å². The first-order chi connectivity index (χ1) is 8.29. The van der Waals surface area contributed by atoms with Gasteiger partial charge >= 0.3 is 115 Å². The van der Waals surface area contributed by atoms with Crippen molar-refractivity contribution in [2.24, 2.45) is 0 Å². The van der Waals surface area contributed by atoms with Crippen molar-refractivity contribution >= 4 is 25.8 Å². The number of thiophene rings is 1. The van der Waals surface area contributed by atoms with E-state index in [1.165, 1.54) is 37.0 Å². The van der Waals surface area contributed by atoms with Crippen LogP contribution in [0, 0.1) is 6.92 Å². The van der Waals surface area contributed by atoms with Crippen LogP contribution in [0.4, 0.5) is 0 Å². The first kappa shape index (κ1) is 13.1. The van der Waals surface area contributed by atoms with E-state index in [2.05, 4.69) is 38.1 Å². The molecule has 0 N–H and O–H groups in total. The third kappa shape index (κ3) is 3.84. The standard InChI is InChI=1S/C15H20SSe/c1-3-4-5-6-7-13-9-10-14(16-13)15-11-8-12(2)17-15/h8-11H,3-7H2,1-2H3. The summed E-state index contributed by atoms with van der Waals surface area (Å²) < 4.78 is 3.12. The summed E-state index contributed by atoms with van der Waals surface area (Å²) in [6, 6.07) is 9.23. The molecule has 0 unspecified atom stereocenters. The van der Waals surface area contributed by atoms with Crippen LogP contribution in [0.3, 0.4) is 0 Å². The van der Waals surface area contributed by atoms with Gasteiger partial charge in [-0.05, 0) is 0 Å². The maximum absolute atomic E-state index is 2.33. The molecule has 0 radical (unpaired) electrons. The summed E-state index contributed by atoms with van der Waals surface area (Å²) in [5.74, 6) is 0. The number of hydrogen-bond donors (Lipinski definition) is 0. The Hall–Kier alpha value is -0.301. The molecule has 0 atom stereocenters. The van der Waals surface area contributed by atoms with Crippen molar-refractivity contribution in [2.75, 3.05) is 0 Å². The van der Waals surface area contributed by atoms with Gasteiger partial charge < -0.3 is 0 Å². The first-order valence-corrected chi connectivity index (χ1v) is 8.98. The fourth-order valence-electron chi connectivity index (χ4n) is 1.94. The molecule has 0 aliphatic carbocycles. The normalized spacial score (nSPS) is 10.9. The molecule has 0 bridgehead atoms. The van der Waals surface area contributed by atoms with Crippen molar-refractivity contribution in [3.63, 3.8) is 0 Å². The SMILES string of the molecule is CCCCCCc1ccc(-c2ccc(C)[se]2)s1. The molecule has 92 valence electrons. The first-order valence-electron chi connectivity index (χ1n) is 6.45. The van der Waals surface area contributed by atoms with Gasteiger partial charge in [0, 0.05) is 0 Å². The summed E-state index contributed by atoms with van der Waals surface area (Å²) in [7, 11) is 0. The molecule has 0 saturated heterocycles. The predicted molar refractivity (Wildman–Crippen MR) is 79.3 cm³/mol. The second-order valence-corrected chi connectivity index (χ2v) is 8.36. The summed E-state index contributed by atoms with van der Waals surface area (Å²) in [6.07, 6.45) is 6.73. The summed E-state index contributed by atoms with van der Waals surface area (Å²) in [5.41, 5.74) is 0. The fourth-order valence-corrected chi connectivity index (χ4v) is 5.04. The van der Waals surface area contributed by atoms with Crippen molar-refractivity contribution < 1.29 is 0 Å². The van der Waals surface area contributed by atoms with Gasteiger partial charge in [-0.3, -0.25) is 0 Å². The molecule has 0 aliphatic rings. The molecule has 0 aromatic carbocycles. The Kier molecular flexibility index (Phi) is 5.09. The Morgan fingerprint density at radius 3 is 2.65 bits per heavy atom. The minimum atomic E-state index is 0.588. The van der Waals surface area contributed by atoms with E-state index in [0.29, 0.717) is 14.5 Å². The average Bonchev–Trinajstić information content (AvgIpc) is 2.93. The molecule has 0 amide bonds. The second-order valence-electron chi connectivity index (χ2n) is 4.49. The van der Waals surface area contributed by atoms with Crippen molar-refractivity contribution in [1.29, 1.82) is 0 Å². The quantitative estimate of drug-likeness (QED) is 0.525. The van der Waals surface area contributed by atoms with Crippen LogP contribution in [-0.2, 0) is 6.42 Å². The molecular formula is C15H20SSe. The summed E-state index contributed by atoms with van der Waals surface area (Å²) in [4.78, 5) is 3.07. The molecule has 0 nitrogen and oxygen atoms in total. The Morgan fingerprint density at radius 2 is 1.94 bits per heavy atom. The van der Waals surface area contributed by atoms with Gasteiger partial charge in [0.2, 0.25) is 0 Å². The molecule has 17 heavy (non-hydrogen) atoms. The number of aryl methyl sites for hydroxylation is 2. The van der Waals surface area contributed by atoms with Crippen molar-refractivity contribution in [3.8, 4) is 9.31 Å². The van der Waals surface area contributed by atoms with Crippen LogP contribution in [0.1, 0.15) is 41.9 Å². The zero-order valence-corrected chi connectivity index (χ0v) is 13.2. The molecular weight excluding hydrogens is 291 g/mol. The average molecular weight is 311 g/mol. The van der Waals surface area contributed by atoms with Crippen LogP contribution >= 0.6 is 11.3 Å². The third-order valence-corrected chi connectivity index (χ3v) is 6.56. The van der Waals surface area contributed by atoms with Crippen LogP contribution in [-0.4, -0.2) is 14.5 Å². The molecule has 0 aliphatic heterocycles. The Bertz CT molecular complexity index is 453. The van der Waals surface area contributed by atoms with E-state index in [1.54, 1.807) is 13.8 Å². The Morgan fingerprint density at radius 1 is 1.06 bits per heavy atom.